The molecule has 11 heteroatoms. The van der Waals surface area contributed by atoms with Crippen molar-refractivity contribution < 1.29 is 21.8 Å². The van der Waals surface area contributed by atoms with Crippen molar-refractivity contribution in [3.05, 3.63) is 58.6 Å². The molecule has 0 bridgehead atoms. The summed E-state index contributed by atoms with van der Waals surface area (Å²) in [4.78, 5) is 9.52. The molecule has 0 aliphatic rings. The third-order valence-electron chi connectivity index (χ3n) is 2.77. The van der Waals surface area contributed by atoms with Crippen LogP contribution in [0.4, 0.5) is 11.4 Å². The summed E-state index contributed by atoms with van der Waals surface area (Å²) in [6, 6.07) is 9.25. The van der Waals surface area contributed by atoms with Gasteiger partial charge in [0.2, 0.25) is 10.0 Å². The average molecular weight is 357 g/mol. The monoisotopic (exact) mass is 357 g/mol. The summed E-state index contributed by atoms with van der Waals surface area (Å²) < 4.78 is 48.8. The molecule has 3 N–H and O–H groups in total. The Hall–Kier alpha value is -2.50. The topological polar surface area (TPSA) is 149 Å². The van der Waals surface area contributed by atoms with E-state index in [1.807, 2.05) is 0 Å². The first kappa shape index (κ1) is 16.9. The lowest BCUT2D eigenvalue weighted by molar-refractivity contribution is -0.385. The second kappa shape index (κ2) is 5.95. The highest BCUT2D eigenvalue weighted by molar-refractivity contribution is 7.92. The predicted molar refractivity (Wildman–Crippen MR) is 81.7 cm³/mol. The molecule has 0 radical (unpaired) electrons. The van der Waals surface area contributed by atoms with E-state index >= 15 is 0 Å². The van der Waals surface area contributed by atoms with Crippen LogP contribution in [0.15, 0.2) is 58.3 Å². The normalized spacial score (nSPS) is 11.9. The lowest BCUT2D eigenvalue weighted by Gasteiger charge is -2.08. The first-order valence-corrected chi connectivity index (χ1v) is 9.03. The Kier molecular flexibility index (Phi) is 4.36. The molecule has 0 aliphatic heterocycles. The second-order valence-electron chi connectivity index (χ2n) is 4.43. The van der Waals surface area contributed by atoms with Gasteiger partial charge in [-0.1, -0.05) is 6.07 Å². The van der Waals surface area contributed by atoms with Gasteiger partial charge in [-0.25, -0.2) is 22.0 Å². The highest BCUT2D eigenvalue weighted by atomic mass is 32.2. The number of rotatable bonds is 5. The van der Waals surface area contributed by atoms with Crippen molar-refractivity contribution in [1.29, 1.82) is 0 Å². The number of benzene rings is 2. The summed E-state index contributed by atoms with van der Waals surface area (Å²) in [6.07, 6.45) is 0. The minimum absolute atomic E-state index is 0.0870. The van der Waals surface area contributed by atoms with E-state index in [9.17, 15) is 26.9 Å². The van der Waals surface area contributed by atoms with Crippen LogP contribution in [-0.2, 0) is 20.0 Å². The van der Waals surface area contributed by atoms with E-state index in [0.29, 0.717) is 0 Å². The Morgan fingerprint density at radius 1 is 0.957 bits per heavy atom. The fourth-order valence-corrected chi connectivity index (χ4v) is 3.30. The number of nitro benzene ring substituents is 1. The number of hydrogen-bond acceptors (Lipinski definition) is 6. The maximum atomic E-state index is 12.2. The Bertz CT molecular complexity index is 953. The number of nitrogens with two attached hydrogens (primary N) is 1. The third kappa shape index (κ3) is 4.03. The summed E-state index contributed by atoms with van der Waals surface area (Å²) in [6.45, 7) is 0. The molecule has 0 saturated carbocycles. The number of anilines is 1. The Balaban J connectivity index is 2.31. The van der Waals surface area contributed by atoms with E-state index in [4.69, 9.17) is 5.14 Å². The van der Waals surface area contributed by atoms with Gasteiger partial charge in [0.15, 0.2) is 0 Å². The molecule has 0 aromatic heterocycles. The SMILES string of the molecule is NS(=O)(=O)c1ccc(NS(=O)(=O)c2cccc([N+](=O)[O-])c2)cc1. The van der Waals surface area contributed by atoms with Crippen molar-refractivity contribution in [3.8, 4) is 0 Å². The summed E-state index contributed by atoms with van der Waals surface area (Å²) in [5.74, 6) is 0. The van der Waals surface area contributed by atoms with Crippen molar-refractivity contribution in [1.82, 2.24) is 0 Å². The molecule has 0 spiro atoms. The Morgan fingerprint density at radius 3 is 2.09 bits per heavy atom. The van der Waals surface area contributed by atoms with E-state index in [2.05, 4.69) is 4.72 Å². The standard InChI is InChI=1S/C12H11N3O6S2/c13-22(18,19)11-6-4-9(5-7-11)14-23(20,21)12-3-1-2-10(8-12)15(16)17/h1-8,14H,(H2,13,18,19). The number of non-ortho nitro benzene ring substituents is 1. The summed E-state index contributed by atoms with van der Waals surface area (Å²) in [7, 11) is -7.94. The van der Waals surface area contributed by atoms with Crippen LogP contribution in [0.2, 0.25) is 0 Å². The third-order valence-corrected chi connectivity index (χ3v) is 5.08. The highest BCUT2D eigenvalue weighted by Gasteiger charge is 2.18. The average Bonchev–Trinajstić information content (AvgIpc) is 2.46. The van der Waals surface area contributed by atoms with Gasteiger partial charge >= 0.3 is 0 Å². The van der Waals surface area contributed by atoms with Gasteiger partial charge in [-0.05, 0) is 30.3 Å². The maximum Gasteiger partial charge on any atom is 0.270 e. The van der Waals surface area contributed by atoms with Crippen molar-refractivity contribution in [2.24, 2.45) is 5.14 Å². The molecule has 0 aliphatic carbocycles. The number of nitrogens with one attached hydrogen (secondary N) is 1. The van der Waals surface area contributed by atoms with Gasteiger partial charge in [-0.15, -0.1) is 0 Å². The smallest absolute Gasteiger partial charge is 0.270 e. The van der Waals surface area contributed by atoms with Crippen LogP contribution in [0, 0.1) is 10.1 Å². The van der Waals surface area contributed by atoms with Crippen LogP contribution in [0.3, 0.4) is 0 Å². The van der Waals surface area contributed by atoms with Crippen molar-refractivity contribution in [3.63, 3.8) is 0 Å². The van der Waals surface area contributed by atoms with Crippen LogP contribution in [0.1, 0.15) is 0 Å². The van der Waals surface area contributed by atoms with E-state index in [-0.39, 0.29) is 21.2 Å². The van der Waals surface area contributed by atoms with E-state index in [0.717, 1.165) is 18.2 Å². The molecule has 0 heterocycles. The van der Waals surface area contributed by atoms with Gasteiger partial charge in [0.1, 0.15) is 0 Å². The Morgan fingerprint density at radius 2 is 1.57 bits per heavy atom. The van der Waals surface area contributed by atoms with Crippen molar-refractivity contribution >= 4 is 31.4 Å². The van der Waals surface area contributed by atoms with Gasteiger partial charge in [-0.3, -0.25) is 14.8 Å². The molecule has 0 saturated heterocycles. The summed E-state index contributed by atoms with van der Waals surface area (Å²) in [5, 5.41) is 15.6. The van der Waals surface area contributed by atoms with Gasteiger partial charge in [-0.2, -0.15) is 0 Å². The van der Waals surface area contributed by atoms with Gasteiger partial charge in [0, 0.05) is 17.8 Å². The van der Waals surface area contributed by atoms with E-state index in [1.165, 1.54) is 30.3 Å². The van der Waals surface area contributed by atoms with E-state index in [1.54, 1.807) is 0 Å². The first-order valence-electron chi connectivity index (χ1n) is 6.00. The molecule has 122 valence electrons. The molecule has 0 unspecified atom stereocenters. The van der Waals surface area contributed by atoms with Crippen molar-refractivity contribution in [2.45, 2.75) is 9.79 Å². The number of hydrogen-bond donors (Lipinski definition) is 2. The zero-order chi connectivity index (χ0) is 17.3. The highest BCUT2D eigenvalue weighted by Crippen LogP contribution is 2.21. The molecule has 2 aromatic carbocycles. The molecule has 0 atom stereocenters. The number of sulfonamides is 2. The first-order chi connectivity index (χ1) is 10.6. The van der Waals surface area contributed by atoms with Crippen LogP contribution in [-0.4, -0.2) is 21.8 Å². The van der Waals surface area contributed by atoms with Crippen LogP contribution in [0.5, 0.6) is 0 Å². The molecule has 2 rings (SSSR count). The summed E-state index contributed by atoms with van der Waals surface area (Å²) in [5.41, 5.74) is -0.277. The molecule has 0 amide bonds. The lowest BCUT2D eigenvalue weighted by Crippen LogP contribution is -2.14. The fraction of sp³-hybridized carbons (Fsp3) is 0. The van der Waals surface area contributed by atoms with Gasteiger partial charge < -0.3 is 0 Å². The number of nitrogens with zero attached hydrogens (tertiary/aromatic N) is 1. The van der Waals surface area contributed by atoms with Gasteiger partial charge in [0.05, 0.1) is 14.7 Å². The van der Waals surface area contributed by atoms with Crippen molar-refractivity contribution in [2.75, 3.05) is 4.72 Å². The molecule has 9 nitrogen and oxygen atoms in total. The molecular weight excluding hydrogens is 346 g/mol. The maximum absolute atomic E-state index is 12.2. The zero-order valence-corrected chi connectivity index (χ0v) is 13.0. The number of primary sulfonamides is 1. The number of nitro groups is 1. The van der Waals surface area contributed by atoms with Gasteiger partial charge in [0.25, 0.3) is 15.7 Å². The fourth-order valence-electron chi connectivity index (χ4n) is 1.69. The minimum Gasteiger partial charge on any atom is -0.280 e. The van der Waals surface area contributed by atoms with Crippen LogP contribution in [0.25, 0.3) is 0 Å². The molecule has 0 fully saturated rings. The minimum atomic E-state index is -4.05. The largest absolute Gasteiger partial charge is 0.280 e. The summed E-state index contributed by atoms with van der Waals surface area (Å²) >= 11 is 0. The van der Waals surface area contributed by atoms with Crippen LogP contribution < -0.4 is 9.86 Å². The molecule has 23 heavy (non-hydrogen) atoms. The van der Waals surface area contributed by atoms with Crippen LogP contribution >= 0.6 is 0 Å². The quantitative estimate of drug-likeness (QED) is 0.603. The lowest BCUT2D eigenvalue weighted by atomic mass is 10.3. The second-order valence-corrected chi connectivity index (χ2v) is 7.67. The Labute approximate surface area is 132 Å². The molecular formula is C12H11N3O6S2. The zero-order valence-electron chi connectivity index (χ0n) is 11.4. The molecule has 2 aromatic rings. The predicted octanol–water partition coefficient (Wildman–Crippen LogP) is 1.04. The van der Waals surface area contributed by atoms with E-state index < -0.39 is 25.0 Å².